The molecule has 0 spiro atoms. The van der Waals surface area contributed by atoms with Gasteiger partial charge in [-0.15, -0.1) is 65.7 Å². The number of anilines is 3. The molecule has 1 nitrogen and oxygen atoms in total. The normalized spacial score (nSPS) is 9.64. The predicted octanol–water partition coefficient (Wildman–Crippen LogP) is 29.8. The van der Waals surface area contributed by atoms with Crippen LogP contribution >= 0.6 is 81.5 Å². The van der Waals surface area contributed by atoms with Crippen LogP contribution in [0, 0.1) is 55.2 Å². The maximum Gasteiger partial charge on any atom is 2.00 e. The average molecular weight is 2090 g/mol. The van der Waals surface area contributed by atoms with Gasteiger partial charge in [-0.05, 0) is 164 Å². The van der Waals surface area contributed by atoms with Gasteiger partial charge in [0.25, 0.3) is 0 Å². The maximum atomic E-state index is 7.39. The van der Waals surface area contributed by atoms with Gasteiger partial charge < -0.3 is 24.2 Å². The zero-order chi connectivity index (χ0) is 74.4. The van der Waals surface area contributed by atoms with E-state index in [1.165, 1.54) is 111 Å². The first-order valence-electron chi connectivity index (χ1n) is 36.5. The maximum absolute atomic E-state index is 7.39. The van der Waals surface area contributed by atoms with Crippen molar-refractivity contribution in [3.05, 3.63) is 252 Å². The van der Waals surface area contributed by atoms with E-state index in [0.29, 0.717) is 47.5 Å². The minimum Gasteiger partial charge on any atom is -0.365 e. The van der Waals surface area contributed by atoms with Crippen LogP contribution in [0.5, 0.6) is 0 Å². The zero-order valence-corrected chi connectivity index (χ0v) is 80.2. The standard InChI is InChI=1S/C36H18NS3.6C6H15P.3C6H5.3Pt/c1-4-31-19-22-34(38-31)25-7-13-28(14-8-25)37(29-15-9-26(10-16-29)35-23-20-32(5-2)39-35)30-17-11-27(12-18-30)36-24-21-33(6-3)40-36;6*1-4-7(5-2)6-3;3*1-2-4-6-5-3-1;;;/h7-24H;6*4-6H2,1-3H3;3*1-5H;;;/q-3;;;;;;;3*-1;3*+2. The van der Waals surface area contributed by atoms with Crippen molar-refractivity contribution in [3.8, 4) is 49.1 Å². The van der Waals surface area contributed by atoms with E-state index in [9.17, 15) is 0 Å². The summed E-state index contributed by atoms with van der Waals surface area (Å²) in [5, 5.41) is 0. The van der Waals surface area contributed by atoms with Crippen molar-refractivity contribution in [3.63, 3.8) is 0 Å². The SMILES string of the molecule is CCP(CC)CC.CCP(CC)CC.CCP(CC)CC.CCP(CC)CC.CCP(CC)CC.CCP(CC)CC.[C-]#Cc1ccc(-c2ccc(N(c3ccc(-c4ccc(C#[C-])s4)cc3)c3ccc(-c4ccc(C#[C-])s4)cc3)cc2)s1.[Pt+2].[Pt+2].[Pt+2].[c-]1ccccc1.[c-]1ccccc1.[c-]1ccccc1. The summed E-state index contributed by atoms with van der Waals surface area (Å²) in [5.74, 6) is 7.40. The van der Waals surface area contributed by atoms with Gasteiger partial charge in [0.2, 0.25) is 0 Å². The van der Waals surface area contributed by atoms with E-state index in [-0.39, 0.29) is 63.2 Å². The van der Waals surface area contributed by atoms with E-state index in [0.717, 1.165) is 63.0 Å². The Labute approximate surface area is 696 Å². The number of thiophene rings is 3. The quantitative estimate of drug-likeness (QED) is 0.0331. The molecule has 566 valence electrons. The molecule has 0 saturated heterocycles. The van der Waals surface area contributed by atoms with Crippen molar-refractivity contribution >= 4 is 98.6 Å². The van der Waals surface area contributed by atoms with E-state index in [2.05, 4.69) is 238 Å². The molecular weight excluding hydrogens is 1960 g/mol. The number of rotatable bonds is 24. The Hall–Kier alpha value is -2.46. The third-order valence-corrected chi connectivity index (χ3v) is 35.5. The summed E-state index contributed by atoms with van der Waals surface area (Å²) in [7, 11) is 2.68. The molecule has 0 radical (unpaired) electrons. The molecule has 0 amide bonds. The number of nitrogens with zero attached hydrogens (tertiary/aromatic N) is 1. The fourth-order valence-corrected chi connectivity index (χ4v) is 20.0. The van der Waals surface area contributed by atoms with Gasteiger partial charge in [-0.3, -0.25) is 17.8 Å². The molecule has 0 fully saturated rings. The molecule has 9 aromatic rings. The molecule has 6 aromatic carbocycles. The first-order valence-corrected chi connectivity index (χ1v) is 50.3. The summed E-state index contributed by atoms with van der Waals surface area (Å²) < 4.78 is 0. The van der Waals surface area contributed by atoms with Crippen LogP contribution in [0.25, 0.3) is 31.3 Å². The average Bonchev–Trinajstić information content (AvgIpc) is 1.63. The van der Waals surface area contributed by atoms with Crippen LogP contribution in [0.3, 0.4) is 0 Å². The first-order chi connectivity index (χ1) is 48.7. The number of hydrogen-bond acceptors (Lipinski definition) is 4. The molecule has 0 unspecified atom stereocenters. The summed E-state index contributed by atoms with van der Waals surface area (Å²) in [6, 6.07) is 74.8. The van der Waals surface area contributed by atoms with Crippen molar-refractivity contribution in [1.29, 1.82) is 0 Å². The third-order valence-electron chi connectivity index (χ3n) is 16.3. The predicted molar refractivity (Wildman–Crippen MR) is 477 cm³/mol. The van der Waals surface area contributed by atoms with Gasteiger partial charge in [0.1, 0.15) is 0 Å². The number of benzene rings is 6. The van der Waals surface area contributed by atoms with Crippen LogP contribution in [-0.2, 0) is 63.2 Å². The molecule has 0 aliphatic rings. The molecule has 3 aromatic heterocycles. The molecule has 13 heteroatoms. The van der Waals surface area contributed by atoms with E-state index in [1.54, 1.807) is 34.0 Å². The van der Waals surface area contributed by atoms with Crippen molar-refractivity contribution < 1.29 is 63.2 Å². The van der Waals surface area contributed by atoms with E-state index >= 15 is 0 Å². The Morgan fingerprint density at radius 1 is 0.252 bits per heavy atom. The molecule has 103 heavy (non-hydrogen) atoms. The fourth-order valence-electron chi connectivity index (χ4n) is 9.50. The van der Waals surface area contributed by atoms with Gasteiger partial charge in [0.05, 0.1) is 0 Å². The molecular formula is C90H123NP6Pt3S3. The van der Waals surface area contributed by atoms with Crippen LogP contribution in [0.15, 0.2) is 200 Å². The topological polar surface area (TPSA) is 3.24 Å². The monoisotopic (exact) mass is 2080 g/mol. The molecule has 0 bridgehead atoms. The smallest absolute Gasteiger partial charge is 0.365 e. The summed E-state index contributed by atoms with van der Waals surface area (Å²) >= 11 is 4.67. The summed E-state index contributed by atoms with van der Waals surface area (Å²) in [4.78, 5) is 8.00. The van der Waals surface area contributed by atoms with Crippen molar-refractivity contribution in [2.24, 2.45) is 0 Å². The van der Waals surface area contributed by atoms with Crippen LogP contribution in [0.2, 0.25) is 0 Å². The molecule has 0 atom stereocenters. The van der Waals surface area contributed by atoms with Crippen LogP contribution in [0.1, 0.15) is 139 Å². The second kappa shape index (κ2) is 73.7. The van der Waals surface area contributed by atoms with Crippen LogP contribution in [-0.4, -0.2) is 111 Å². The minimum atomic E-state index is 0. The second-order valence-electron chi connectivity index (χ2n) is 21.8. The second-order valence-corrected chi connectivity index (χ2v) is 44.5. The van der Waals surface area contributed by atoms with E-state index in [4.69, 9.17) is 19.3 Å². The minimum absolute atomic E-state index is 0. The molecule has 0 aliphatic carbocycles. The Balaban J connectivity index is -0.000000631. The van der Waals surface area contributed by atoms with Gasteiger partial charge in [0.15, 0.2) is 0 Å². The van der Waals surface area contributed by atoms with Gasteiger partial charge in [-0.1, -0.05) is 194 Å². The Morgan fingerprint density at radius 2 is 0.417 bits per heavy atom. The largest absolute Gasteiger partial charge is 2.00 e. The Kier molecular flexibility index (Phi) is 76.5. The third kappa shape index (κ3) is 49.3. The van der Waals surface area contributed by atoms with E-state index in [1.807, 2.05) is 127 Å². The fraction of sp³-hybridized carbons (Fsp3) is 0.400. The molecule has 0 N–H and O–H groups in total. The molecule has 9 rings (SSSR count). The first kappa shape index (κ1) is 107. The summed E-state index contributed by atoms with van der Waals surface area (Å²) in [6.45, 7) is 41.2. The molecule has 0 aliphatic heterocycles. The summed E-state index contributed by atoms with van der Waals surface area (Å²) in [5.41, 5.74) is 6.42. The Morgan fingerprint density at radius 3 is 0.515 bits per heavy atom. The Bertz CT molecular complexity index is 2850. The van der Waals surface area contributed by atoms with Gasteiger partial charge in [-0.2, -0.15) is 109 Å². The zero-order valence-electron chi connectivity index (χ0n) is 65.6. The molecule has 3 heterocycles. The van der Waals surface area contributed by atoms with Crippen LogP contribution < -0.4 is 4.90 Å². The van der Waals surface area contributed by atoms with Gasteiger partial charge in [0, 0.05) is 31.7 Å². The van der Waals surface area contributed by atoms with E-state index < -0.39 is 0 Å². The number of hydrogen-bond donors (Lipinski definition) is 0. The van der Waals surface area contributed by atoms with Gasteiger partial charge >= 0.3 is 63.2 Å². The van der Waals surface area contributed by atoms with Crippen molar-refractivity contribution in [2.45, 2.75) is 125 Å². The summed E-state index contributed by atoms with van der Waals surface area (Å²) in [6.07, 6.45) is 47.7. The molecule has 0 saturated carbocycles. The van der Waals surface area contributed by atoms with Crippen molar-refractivity contribution in [1.82, 2.24) is 0 Å². The van der Waals surface area contributed by atoms with Crippen molar-refractivity contribution in [2.75, 3.05) is 116 Å². The van der Waals surface area contributed by atoms with Crippen LogP contribution in [0.4, 0.5) is 17.1 Å². The van der Waals surface area contributed by atoms with Gasteiger partial charge in [-0.25, -0.2) is 34.0 Å².